The molecule has 0 saturated carbocycles. The van der Waals surface area contributed by atoms with Crippen molar-refractivity contribution in [1.29, 1.82) is 0 Å². The lowest BCUT2D eigenvalue weighted by Crippen LogP contribution is -2.17. The number of nitrogens with one attached hydrogen (secondary N) is 1. The lowest BCUT2D eigenvalue weighted by molar-refractivity contribution is 0.187. The highest BCUT2D eigenvalue weighted by molar-refractivity contribution is 5.92. The average molecular weight is 443 g/mol. The van der Waals surface area contributed by atoms with E-state index in [4.69, 9.17) is 11.5 Å². The number of para-hydroxylation sites is 1. The first-order valence-electron chi connectivity index (χ1n) is 9.17. The Morgan fingerprint density at radius 1 is 1.12 bits per heavy atom. The first kappa shape index (κ1) is 20.9. The molecule has 0 atom stereocenters. The summed E-state index contributed by atoms with van der Waals surface area (Å²) in [7, 11) is 1.17. The van der Waals surface area contributed by atoms with Crippen LogP contribution in [0.1, 0.15) is 11.3 Å². The van der Waals surface area contributed by atoms with Gasteiger partial charge in [-0.3, -0.25) is 5.32 Å². The molecule has 0 aliphatic rings. The highest BCUT2D eigenvalue weighted by Gasteiger charge is 2.20. The summed E-state index contributed by atoms with van der Waals surface area (Å²) in [6, 6.07) is 8.25. The molecule has 0 spiro atoms. The number of halogens is 3. The molecule has 0 bridgehead atoms. The van der Waals surface area contributed by atoms with Gasteiger partial charge in [-0.2, -0.15) is 19.7 Å². The van der Waals surface area contributed by atoms with Crippen molar-refractivity contribution in [3.8, 4) is 5.95 Å². The second-order valence-electron chi connectivity index (χ2n) is 6.70. The maximum atomic E-state index is 14.2. The smallest absolute Gasteiger partial charge is 0.411 e. The molecule has 0 aliphatic heterocycles. The molecule has 0 unspecified atom stereocenters. The number of hydrogen-bond acceptors (Lipinski definition) is 7. The van der Waals surface area contributed by atoms with Crippen LogP contribution in [0.3, 0.4) is 0 Å². The summed E-state index contributed by atoms with van der Waals surface area (Å²) in [5.74, 6) is -3.66. The Hall–Kier alpha value is -4.35. The maximum Gasteiger partial charge on any atom is 0.411 e. The molecule has 0 aliphatic carbocycles. The number of amides is 1. The van der Waals surface area contributed by atoms with Gasteiger partial charge in [0.05, 0.1) is 18.3 Å². The summed E-state index contributed by atoms with van der Waals surface area (Å²) in [6.07, 6.45) is -1.00. The number of fused-ring (bicyclic) bond motifs is 1. The predicted molar refractivity (Wildman–Crippen MR) is 111 cm³/mol. The molecule has 2 aromatic carbocycles. The molecule has 32 heavy (non-hydrogen) atoms. The van der Waals surface area contributed by atoms with Gasteiger partial charge in [-0.25, -0.2) is 18.0 Å². The Labute approximate surface area is 178 Å². The molecule has 4 aromatic rings. The van der Waals surface area contributed by atoms with Gasteiger partial charge < -0.3 is 16.2 Å². The standard InChI is InChI=1S/C20H16F3N7O2/c1-32-20(31)26-16-17(24)27-19(28-18(16)25)30-14-5-3-2-4-11(14)13(29-30)7-9-6-10(21)8-12(22)15(9)23/h2-6,8H,7H2,1H3,(H,26,31)(H4,24,25,27,28). The van der Waals surface area contributed by atoms with Gasteiger partial charge in [-0.15, -0.1) is 0 Å². The molecular formula is C20H16F3N7O2. The monoisotopic (exact) mass is 443 g/mol. The third-order valence-electron chi connectivity index (χ3n) is 4.65. The first-order valence-corrected chi connectivity index (χ1v) is 9.17. The van der Waals surface area contributed by atoms with Gasteiger partial charge >= 0.3 is 6.09 Å². The summed E-state index contributed by atoms with van der Waals surface area (Å²) in [4.78, 5) is 19.7. The van der Waals surface area contributed by atoms with E-state index in [1.807, 2.05) is 0 Å². The summed E-state index contributed by atoms with van der Waals surface area (Å²) in [6.45, 7) is 0. The van der Waals surface area contributed by atoms with Gasteiger partial charge in [0.15, 0.2) is 23.3 Å². The third-order valence-corrected chi connectivity index (χ3v) is 4.65. The van der Waals surface area contributed by atoms with Gasteiger partial charge in [0.2, 0.25) is 0 Å². The van der Waals surface area contributed by atoms with Crippen LogP contribution < -0.4 is 16.8 Å². The lowest BCUT2D eigenvalue weighted by Gasteiger charge is -2.11. The van der Waals surface area contributed by atoms with E-state index in [1.165, 1.54) is 11.8 Å². The fourth-order valence-electron chi connectivity index (χ4n) is 3.19. The number of carbonyl (C=O) groups excluding carboxylic acids is 1. The zero-order chi connectivity index (χ0) is 23.0. The number of hydrogen-bond donors (Lipinski definition) is 3. The quantitative estimate of drug-likeness (QED) is 0.413. The summed E-state index contributed by atoms with van der Waals surface area (Å²) < 4.78 is 47.3. The van der Waals surface area contributed by atoms with E-state index in [2.05, 4.69) is 25.1 Å². The van der Waals surface area contributed by atoms with Crippen molar-refractivity contribution in [3.05, 3.63) is 65.1 Å². The number of carbonyl (C=O) groups is 1. The predicted octanol–water partition coefficient (Wildman–Crippen LogP) is 3.17. The molecule has 4 rings (SSSR count). The van der Waals surface area contributed by atoms with Crippen LogP contribution in [-0.2, 0) is 11.2 Å². The summed E-state index contributed by atoms with van der Waals surface area (Å²) in [5, 5.41) is 7.30. The molecule has 9 nitrogen and oxygen atoms in total. The summed E-state index contributed by atoms with van der Waals surface area (Å²) in [5.41, 5.74) is 12.4. The van der Waals surface area contributed by atoms with Crippen LogP contribution in [0.15, 0.2) is 36.4 Å². The molecule has 5 N–H and O–H groups in total. The number of methoxy groups -OCH3 is 1. The van der Waals surface area contributed by atoms with Gasteiger partial charge in [0.1, 0.15) is 11.5 Å². The van der Waals surface area contributed by atoms with E-state index in [9.17, 15) is 18.0 Å². The van der Waals surface area contributed by atoms with Crippen LogP contribution in [0, 0.1) is 17.5 Å². The van der Waals surface area contributed by atoms with Crippen LogP contribution in [0.2, 0.25) is 0 Å². The molecule has 2 heterocycles. The molecule has 0 radical (unpaired) electrons. The number of nitrogens with zero attached hydrogens (tertiary/aromatic N) is 4. The molecule has 164 valence electrons. The van der Waals surface area contributed by atoms with Crippen molar-refractivity contribution >= 4 is 34.3 Å². The van der Waals surface area contributed by atoms with E-state index in [-0.39, 0.29) is 35.3 Å². The Morgan fingerprint density at radius 2 is 1.81 bits per heavy atom. The zero-order valence-electron chi connectivity index (χ0n) is 16.6. The third kappa shape index (κ3) is 3.73. The number of benzene rings is 2. The Balaban J connectivity index is 1.81. The largest absolute Gasteiger partial charge is 0.453 e. The van der Waals surface area contributed by atoms with Crippen molar-refractivity contribution in [3.63, 3.8) is 0 Å². The number of ether oxygens (including phenoxy) is 1. The van der Waals surface area contributed by atoms with E-state index < -0.39 is 23.5 Å². The van der Waals surface area contributed by atoms with Crippen molar-refractivity contribution in [2.24, 2.45) is 0 Å². The van der Waals surface area contributed by atoms with Gasteiger partial charge in [-0.05, 0) is 17.7 Å². The van der Waals surface area contributed by atoms with Crippen LogP contribution in [0.4, 0.5) is 35.3 Å². The Bertz CT molecular complexity index is 1330. The van der Waals surface area contributed by atoms with Gasteiger partial charge in [-0.1, -0.05) is 18.2 Å². The minimum Gasteiger partial charge on any atom is -0.453 e. The second kappa shape index (κ2) is 8.06. The molecule has 2 aromatic heterocycles. The van der Waals surface area contributed by atoms with Crippen molar-refractivity contribution in [2.45, 2.75) is 6.42 Å². The second-order valence-corrected chi connectivity index (χ2v) is 6.70. The lowest BCUT2D eigenvalue weighted by atomic mass is 10.1. The minimum atomic E-state index is -1.29. The molecule has 1 amide bonds. The van der Waals surface area contributed by atoms with Gasteiger partial charge in [0.25, 0.3) is 5.95 Å². The highest BCUT2D eigenvalue weighted by atomic mass is 19.2. The Kier molecular flexibility index (Phi) is 5.26. The van der Waals surface area contributed by atoms with E-state index in [0.717, 1.165) is 6.07 Å². The van der Waals surface area contributed by atoms with Crippen LogP contribution in [0.25, 0.3) is 16.9 Å². The normalized spacial score (nSPS) is 11.0. The van der Waals surface area contributed by atoms with Crippen molar-refractivity contribution < 1.29 is 22.7 Å². The zero-order valence-corrected chi connectivity index (χ0v) is 16.6. The van der Waals surface area contributed by atoms with Crippen LogP contribution in [-0.4, -0.2) is 33.0 Å². The highest BCUT2D eigenvalue weighted by Crippen LogP contribution is 2.28. The van der Waals surface area contributed by atoms with Crippen molar-refractivity contribution in [2.75, 3.05) is 23.9 Å². The van der Waals surface area contributed by atoms with Crippen molar-refractivity contribution in [1.82, 2.24) is 19.7 Å². The van der Waals surface area contributed by atoms with E-state index in [0.29, 0.717) is 22.7 Å². The number of nitrogen functional groups attached to an aromatic ring is 2. The van der Waals surface area contributed by atoms with E-state index >= 15 is 0 Å². The molecule has 12 heteroatoms. The number of anilines is 3. The number of rotatable bonds is 4. The van der Waals surface area contributed by atoms with Crippen LogP contribution >= 0.6 is 0 Å². The first-order chi connectivity index (χ1) is 15.3. The van der Waals surface area contributed by atoms with Gasteiger partial charge in [0, 0.05) is 17.9 Å². The van der Waals surface area contributed by atoms with Crippen LogP contribution in [0.5, 0.6) is 0 Å². The fraction of sp³-hybridized carbons (Fsp3) is 0.100. The summed E-state index contributed by atoms with van der Waals surface area (Å²) >= 11 is 0. The Morgan fingerprint density at radius 3 is 2.50 bits per heavy atom. The fourth-order valence-corrected chi connectivity index (χ4v) is 3.19. The molecule has 0 fully saturated rings. The maximum absolute atomic E-state index is 14.2. The SMILES string of the molecule is COC(=O)Nc1c(N)nc(-n2nc(Cc3cc(F)cc(F)c3F)c3ccccc32)nc1N. The molecule has 0 saturated heterocycles. The van der Waals surface area contributed by atoms with E-state index in [1.54, 1.807) is 24.3 Å². The number of nitrogens with two attached hydrogens (primary N) is 2. The minimum absolute atomic E-state index is 0.0243. The molecular weight excluding hydrogens is 427 g/mol. The topological polar surface area (TPSA) is 134 Å². The average Bonchev–Trinajstić information content (AvgIpc) is 3.12. The number of aromatic nitrogens is 4.